The first-order valence-corrected chi connectivity index (χ1v) is 8.80. The third-order valence-electron chi connectivity index (χ3n) is 4.83. The molecule has 0 spiro atoms. The van der Waals surface area contributed by atoms with Crippen LogP contribution in [0, 0.1) is 6.92 Å². The highest BCUT2D eigenvalue weighted by atomic mass is 16.5. The van der Waals surface area contributed by atoms with E-state index in [4.69, 9.17) is 14.2 Å². The zero-order chi connectivity index (χ0) is 19.4. The largest absolute Gasteiger partial charge is 0.493 e. The Morgan fingerprint density at radius 2 is 2.11 bits per heavy atom. The molecule has 0 saturated carbocycles. The zero-order valence-corrected chi connectivity index (χ0v) is 15.8. The number of nitrogens with zero attached hydrogens (tertiary/aromatic N) is 3. The van der Waals surface area contributed by atoms with Gasteiger partial charge in [0.2, 0.25) is 5.91 Å². The maximum Gasteiger partial charge on any atom is 0.243 e. The summed E-state index contributed by atoms with van der Waals surface area (Å²) in [4.78, 5) is 18.9. The number of benzene rings is 1. The fraction of sp³-hybridized carbons (Fsp3) is 0.474. The lowest BCUT2D eigenvalue weighted by Gasteiger charge is -2.41. The molecule has 0 bridgehead atoms. The van der Waals surface area contributed by atoms with Gasteiger partial charge in [-0.2, -0.15) is 0 Å². The molecule has 1 aliphatic rings. The van der Waals surface area contributed by atoms with E-state index in [0.29, 0.717) is 24.7 Å². The van der Waals surface area contributed by atoms with Crippen LogP contribution in [0.1, 0.15) is 17.4 Å². The van der Waals surface area contributed by atoms with Crippen molar-refractivity contribution in [2.45, 2.75) is 25.6 Å². The fourth-order valence-electron chi connectivity index (χ4n) is 3.40. The van der Waals surface area contributed by atoms with Gasteiger partial charge in [-0.3, -0.25) is 4.79 Å². The Bertz CT molecular complexity index is 791. The average Bonchev–Trinajstić information content (AvgIpc) is 3.11. The van der Waals surface area contributed by atoms with Crippen molar-refractivity contribution < 1.29 is 24.1 Å². The number of carbonyl (C=O) groups excluding carboxylic acids is 1. The number of methoxy groups -OCH3 is 2. The molecule has 1 aliphatic heterocycles. The number of carbonyl (C=O) groups is 1. The van der Waals surface area contributed by atoms with Crippen molar-refractivity contribution >= 4 is 5.91 Å². The number of hydrogen-bond acceptors (Lipinski definition) is 6. The van der Waals surface area contributed by atoms with Crippen LogP contribution in [0.5, 0.6) is 11.5 Å². The summed E-state index contributed by atoms with van der Waals surface area (Å²) in [5, 5.41) is 9.82. The minimum absolute atomic E-state index is 0.0577. The van der Waals surface area contributed by atoms with Crippen LogP contribution >= 0.6 is 0 Å². The predicted molar refractivity (Wildman–Crippen MR) is 97.8 cm³/mol. The molecule has 2 heterocycles. The van der Waals surface area contributed by atoms with Crippen LogP contribution in [0.2, 0.25) is 0 Å². The van der Waals surface area contributed by atoms with Gasteiger partial charge in [0.05, 0.1) is 33.5 Å². The number of rotatable bonds is 6. The zero-order valence-electron chi connectivity index (χ0n) is 15.8. The summed E-state index contributed by atoms with van der Waals surface area (Å²) >= 11 is 0. The van der Waals surface area contributed by atoms with E-state index >= 15 is 0 Å². The maximum atomic E-state index is 13.0. The van der Waals surface area contributed by atoms with Crippen molar-refractivity contribution in [3.63, 3.8) is 0 Å². The number of aliphatic hydroxyl groups is 1. The molecule has 27 heavy (non-hydrogen) atoms. The first-order valence-electron chi connectivity index (χ1n) is 8.80. The van der Waals surface area contributed by atoms with Crippen LogP contribution < -0.4 is 9.47 Å². The minimum atomic E-state index is -0.510. The molecular weight excluding hydrogens is 350 g/mol. The lowest BCUT2D eigenvalue weighted by Crippen LogP contribution is -2.50. The van der Waals surface area contributed by atoms with Gasteiger partial charge in [0.15, 0.2) is 11.5 Å². The topological polar surface area (TPSA) is 86.0 Å². The third kappa shape index (κ3) is 3.91. The van der Waals surface area contributed by atoms with Gasteiger partial charge in [0.25, 0.3) is 0 Å². The molecule has 1 fully saturated rings. The van der Waals surface area contributed by atoms with Gasteiger partial charge in [-0.05, 0) is 24.6 Å². The molecule has 1 amide bonds. The molecule has 0 unspecified atom stereocenters. The molecule has 3 rings (SSSR count). The first-order chi connectivity index (χ1) is 13.1. The van der Waals surface area contributed by atoms with Crippen molar-refractivity contribution in [1.82, 2.24) is 14.5 Å². The molecule has 2 aromatic rings. The van der Waals surface area contributed by atoms with Crippen molar-refractivity contribution in [1.29, 1.82) is 0 Å². The lowest BCUT2D eigenvalue weighted by atomic mass is 9.97. The number of aromatic nitrogens is 2. The van der Waals surface area contributed by atoms with Crippen LogP contribution in [0.25, 0.3) is 0 Å². The average molecular weight is 375 g/mol. The number of aliphatic hydroxyl groups excluding tert-OH is 1. The third-order valence-corrected chi connectivity index (χ3v) is 4.83. The second-order valence-electron chi connectivity index (χ2n) is 6.34. The van der Waals surface area contributed by atoms with Gasteiger partial charge in [-0.15, -0.1) is 0 Å². The quantitative estimate of drug-likeness (QED) is 0.816. The van der Waals surface area contributed by atoms with E-state index < -0.39 is 12.1 Å². The Hall–Kier alpha value is -2.58. The predicted octanol–water partition coefficient (Wildman–Crippen LogP) is 1.17. The summed E-state index contributed by atoms with van der Waals surface area (Å²) in [6.07, 6.45) is 2.94. The number of hydrogen-bond donors (Lipinski definition) is 1. The van der Waals surface area contributed by atoms with E-state index in [9.17, 15) is 9.90 Å². The maximum absolute atomic E-state index is 13.0. The van der Waals surface area contributed by atoms with E-state index in [0.717, 1.165) is 11.4 Å². The minimum Gasteiger partial charge on any atom is -0.493 e. The summed E-state index contributed by atoms with van der Waals surface area (Å²) < 4.78 is 18.2. The molecule has 8 nitrogen and oxygen atoms in total. The number of amides is 1. The van der Waals surface area contributed by atoms with Crippen molar-refractivity contribution in [2.75, 3.05) is 34.0 Å². The second kappa shape index (κ2) is 8.41. The van der Waals surface area contributed by atoms with Crippen molar-refractivity contribution in [3.8, 4) is 11.5 Å². The Morgan fingerprint density at radius 1 is 1.33 bits per heavy atom. The highest BCUT2D eigenvalue weighted by Crippen LogP contribution is 2.35. The van der Waals surface area contributed by atoms with Gasteiger partial charge < -0.3 is 28.8 Å². The van der Waals surface area contributed by atoms with Crippen LogP contribution in [0.15, 0.2) is 30.6 Å². The first kappa shape index (κ1) is 19.2. The summed E-state index contributed by atoms with van der Waals surface area (Å²) in [5.41, 5.74) is 0.821. The Balaban J connectivity index is 1.92. The van der Waals surface area contributed by atoms with Gasteiger partial charge in [-0.1, -0.05) is 6.07 Å². The molecule has 146 valence electrons. The van der Waals surface area contributed by atoms with Crippen LogP contribution in [0.3, 0.4) is 0 Å². The molecule has 2 atom stereocenters. The van der Waals surface area contributed by atoms with Gasteiger partial charge >= 0.3 is 0 Å². The molecule has 1 aromatic heterocycles. The molecule has 8 heteroatoms. The Kier molecular flexibility index (Phi) is 5.98. The lowest BCUT2D eigenvalue weighted by molar-refractivity contribution is -0.150. The van der Waals surface area contributed by atoms with E-state index in [-0.39, 0.29) is 19.1 Å². The summed E-state index contributed by atoms with van der Waals surface area (Å²) in [6.45, 7) is 2.68. The molecule has 1 aromatic carbocycles. The fourth-order valence-corrected chi connectivity index (χ4v) is 3.40. The SMILES string of the molecule is COc1ccc([C@@H]2[C@@H](CO)OCCN2C(=O)Cn2ccnc2C)cc1OC. The van der Waals surface area contributed by atoms with E-state index in [2.05, 4.69) is 4.98 Å². The molecular formula is C19H25N3O5. The van der Waals surface area contributed by atoms with Gasteiger partial charge in [-0.25, -0.2) is 4.98 Å². The monoisotopic (exact) mass is 375 g/mol. The van der Waals surface area contributed by atoms with Gasteiger partial charge in [0, 0.05) is 18.9 Å². The van der Waals surface area contributed by atoms with Crippen LogP contribution in [-0.2, 0) is 16.1 Å². The number of morpholine rings is 1. The summed E-state index contributed by atoms with van der Waals surface area (Å²) in [7, 11) is 3.13. The number of imidazole rings is 1. The summed E-state index contributed by atoms with van der Waals surface area (Å²) in [5.74, 6) is 1.89. The van der Waals surface area contributed by atoms with Gasteiger partial charge in [0.1, 0.15) is 18.5 Å². The normalized spacial score (nSPS) is 19.8. The van der Waals surface area contributed by atoms with E-state index in [1.165, 1.54) is 0 Å². The van der Waals surface area contributed by atoms with Crippen molar-refractivity contribution in [3.05, 3.63) is 42.0 Å². The number of ether oxygens (including phenoxy) is 3. The molecule has 1 N–H and O–H groups in total. The Morgan fingerprint density at radius 3 is 2.74 bits per heavy atom. The highest BCUT2D eigenvalue weighted by Gasteiger charge is 2.36. The number of aryl methyl sites for hydroxylation is 1. The highest BCUT2D eigenvalue weighted by molar-refractivity contribution is 5.77. The molecule has 1 saturated heterocycles. The molecule has 0 aliphatic carbocycles. The van der Waals surface area contributed by atoms with Crippen LogP contribution in [0.4, 0.5) is 0 Å². The van der Waals surface area contributed by atoms with Crippen molar-refractivity contribution in [2.24, 2.45) is 0 Å². The Labute approximate surface area is 158 Å². The standard InChI is InChI=1S/C19H25N3O5/c1-13-20-6-7-21(13)11-18(24)22-8-9-27-17(12-23)19(22)14-4-5-15(25-2)16(10-14)26-3/h4-7,10,17,19,23H,8-9,11-12H2,1-3H3/t17-,19-/m1/s1. The smallest absolute Gasteiger partial charge is 0.243 e. The summed E-state index contributed by atoms with van der Waals surface area (Å²) in [6, 6.07) is 5.06. The van der Waals surface area contributed by atoms with E-state index in [1.807, 2.05) is 19.1 Å². The second-order valence-corrected chi connectivity index (χ2v) is 6.34. The van der Waals surface area contributed by atoms with E-state index in [1.54, 1.807) is 42.1 Å². The molecule has 0 radical (unpaired) electrons. The van der Waals surface area contributed by atoms with Crippen LogP contribution in [-0.4, -0.2) is 65.5 Å².